The fraction of sp³-hybridized carbons (Fsp3) is 0.414. The molecule has 1 aliphatic heterocycles. The number of nitrogens with zero attached hydrogens (tertiary/aromatic N) is 2. The Balaban J connectivity index is 1.43. The molecule has 0 aliphatic carbocycles. The summed E-state index contributed by atoms with van der Waals surface area (Å²) in [6.45, 7) is 9.33. The first-order valence-electron chi connectivity index (χ1n) is 12.8. The standard InChI is InChI=1S/C29H36N4O4/c1-5-33-20(3)15-21(16-27(34)32-36)17-29(33,4)31-28(35)22-10-12-24(13-11-22)37-18-23-14-19(2)30-26-9-7-6-8-25(23)26/h6-14,20-21,36H,5,15-18H2,1-4H3,(H,31,35)(H,32,34)/t20-,21+,29+/m1/s1. The van der Waals surface area contributed by atoms with Gasteiger partial charge in [0.15, 0.2) is 0 Å². The molecule has 3 N–H and O–H groups in total. The van der Waals surface area contributed by atoms with Crippen LogP contribution in [0.4, 0.5) is 0 Å². The average Bonchev–Trinajstić information content (AvgIpc) is 2.87. The molecule has 1 saturated heterocycles. The summed E-state index contributed by atoms with van der Waals surface area (Å²) in [6, 6.07) is 17.4. The number of pyridine rings is 1. The predicted molar refractivity (Wildman–Crippen MR) is 142 cm³/mol. The number of hydroxylamine groups is 1. The van der Waals surface area contributed by atoms with Crippen LogP contribution in [0.15, 0.2) is 54.6 Å². The van der Waals surface area contributed by atoms with E-state index < -0.39 is 11.6 Å². The van der Waals surface area contributed by atoms with Crippen LogP contribution < -0.4 is 15.5 Å². The van der Waals surface area contributed by atoms with E-state index in [1.165, 1.54) is 0 Å². The lowest BCUT2D eigenvalue weighted by molar-refractivity contribution is -0.131. The Labute approximate surface area is 218 Å². The smallest absolute Gasteiger partial charge is 0.252 e. The first kappa shape index (κ1) is 26.6. The lowest BCUT2D eigenvalue weighted by Crippen LogP contribution is -2.64. The van der Waals surface area contributed by atoms with Crippen LogP contribution in [0.5, 0.6) is 5.75 Å². The summed E-state index contributed by atoms with van der Waals surface area (Å²) in [6.07, 6.45) is 1.66. The van der Waals surface area contributed by atoms with Crippen molar-refractivity contribution < 1.29 is 19.5 Å². The van der Waals surface area contributed by atoms with E-state index >= 15 is 0 Å². The van der Waals surface area contributed by atoms with Gasteiger partial charge in [-0.05, 0) is 82.5 Å². The van der Waals surface area contributed by atoms with E-state index in [-0.39, 0.29) is 24.3 Å². The van der Waals surface area contributed by atoms with E-state index in [1.54, 1.807) is 17.6 Å². The normalized spacial score (nSPS) is 22.0. The molecule has 0 bridgehead atoms. The quantitative estimate of drug-likeness (QED) is 0.306. The van der Waals surface area contributed by atoms with Gasteiger partial charge in [-0.25, -0.2) is 5.48 Å². The number of amides is 2. The van der Waals surface area contributed by atoms with Crippen molar-refractivity contribution in [2.24, 2.45) is 5.92 Å². The molecule has 3 atom stereocenters. The summed E-state index contributed by atoms with van der Waals surface area (Å²) in [5.74, 6) is 0.154. The number of carbonyl (C=O) groups is 2. The molecule has 1 aliphatic rings. The third-order valence-corrected chi connectivity index (χ3v) is 7.29. The number of rotatable bonds is 8. The van der Waals surface area contributed by atoms with Crippen molar-refractivity contribution in [3.8, 4) is 5.75 Å². The number of ether oxygens (including phenoxy) is 1. The number of nitrogens with one attached hydrogen (secondary N) is 2. The van der Waals surface area contributed by atoms with E-state index in [9.17, 15) is 9.59 Å². The molecule has 2 amide bonds. The van der Waals surface area contributed by atoms with Crippen molar-refractivity contribution in [1.29, 1.82) is 0 Å². The van der Waals surface area contributed by atoms with Gasteiger partial charge in [0.05, 0.1) is 11.2 Å². The number of carbonyl (C=O) groups excluding carboxylic acids is 2. The molecule has 2 heterocycles. The Bertz CT molecular complexity index is 1260. The fourth-order valence-electron chi connectivity index (χ4n) is 5.80. The van der Waals surface area contributed by atoms with E-state index in [2.05, 4.69) is 29.0 Å². The molecule has 0 unspecified atom stereocenters. The van der Waals surface area contributed by atoms with Crippen molar-refractivity contribution in [1.82, 2.24) is 20.7 Å². The second-order valence-electron chi connectivity index (χ2n) is 10.2. The maximum Gasteiger partial charge on any atom is 0.252 e. The zero-order valence-electron chi connectivity index (χ0n) is 22.0. The number of hydrogen-bond donors (Lipinski definition) is 3. The zero-order valence-corrected chi connectivity index (χ0v) is 22.0. The van der Waals surface area contributed by atoms with Crippen LogP contribution in [0.2, 0.25) is 0 Å². The third-order valence-electron chi connectivity index (χ3n) is 7.29. The number of fused-ring (bicyclic) bond motifs is 1. The van der Waals surface area contributed by atoms with Crippen LogP contribution in [0.25, 0.3) is 10.9 Å². The Kier molecular flexibility index (Phi) is 8.10. The van der Waals surface area contributed by atoms with Gasteiger partial charge in [0.25, 0.3) is 5.91 Å². The molecular formula is C29H36N4O4. The number of likely N-dealkylation sites (tertiary alicyclic amines) is 1. The summed E-state index contributed by atoms with van der Waals surface area (Å²) >= 11 is 0. The van der Waals surface area contributed by atoms with Crippen molar-refractivity contribution in [3.05, 3.63) is 71.4 Å². The molecule has 2 aromatic carbocycles. The van der Waals surface area contributed by atoms with Gasteiger partial charge in [0.2, 0.25) is 5.91 Å². The molecule has 3 aromatic rings. The molecule has 196 valence electrons. The van der Waals surface area contributed by atoms with Gasteiger partial charge >= 0.3 is 0 Å². The minimum Gasteiger partial charge on any atom is -0.489 e. The molecule has 0 radical (unpaired) electrons. The predicted octanol–water partition coefficient (Wildman–Crippen LogP) is 4.58. The first-order chi connectivity index (χ1) is 17.7. The maximum absolute atomic E-state index is 13.2. The molecule has 0 saturated carbocycles. The number of aryl methyl sites for hydroxylation is 1. The number of piperidine rings is 1. The maximum atomic E-state index is 13.2. The van der Waals surface area contributed by atoms with E-state index in [1.807, 2.05) is 56.3 Å². The van der Waals surface area contributed by atoms with Crippen molar-refractivity contribution in [2.75, 3.05) is 6.54 Å². The highest BCUT2D eigenvalue weighted by Crippen LogP contribution is 2.35. The van der Waals surface area contributed by atoms with Gasteiger partial charge in [-0.3, -0.25) is 24.7 Å². The van der Waals surface area contributed by atoms with Gasteiger partial charge < -0.3 is 10.1 Å². The van der Waals surface area contributed by atoms with Crippen LogP contribution in [-0.4, -0.2) is 45.2 Å². The molecule has 0 spiro atoms. The van der Waals surface area contributed by atoms with Crippen LogP contribution in [0.3, 0.4) is 0 Å². The summed E-state index contributed by atoms with van der Waals surface area (Å²) in [5.41, 5.74) is 4.60. The molecule has 4 rings (SSSR count). The fourth-order valence-corrected chi connectivity index (χ4v) is 5.80. The topological polar surface area (TPSA) is 104 Å². The molecular weight excluding hydrogens is 468 g/mol. The highest BCUT2D eigenvalue weighted by atomic mass is 16.5. The lowest BCUT2D eigenvalue weighted by Gasteiger charge is -2.51. The van der Waals surface area contributed by atoms with Crippen molar-refractivity contribution >= 4 is 22.7 Å². The molecule has 37 heavy (non-hydrogen) atoms. The number of benzene rings is 2. The summed E-state index contributed by atoms with van der Waals surface area (Å²) in [5, 5.41) is 13.2. The van der Waals surface area contributed by atoms with Gasteiger partial charge in [-0.1, -0.05) is 25.1 Å². The van der Waals surface area contributed by atoms with Gasteiger partial charge in [0, 0.05) is 34.7 Å². The highest BCUT2D eigenvalue weighted by molar-refractivity contribution is 5.94. The third kappa shape index (κ3) is 6.09. The van der Waals surface area contributed by atoms with Crippen molar-refractivity contribution in [3.63, 3.8) is 0 Å². The second kappa shape index (κ2) is 11.3. The average molecular weight is 505 g/mol. The van der Waals surface area contributed by atoms with E-state index in [0.717, 1.165) is 35.1 Å². The SMILES string of the molecule is CCN1[C@H](C)C[C@@H](CC(=O)NO)C[C@@]1(C)NC(=O)c1ccc(OCc2cc(C)nc3ccccc23)cc1. The van der Waals surface area contributed by atoms with Crippen LogP contribution in [0.1, 0.15) is 61.6 Å². The molecule has 1 aromatic heterocycles. The summed E-state index contributed by atoms with van der Waals surface area (Å²) in [7, 11) is 0. The minimum absolute atomic E-state index is 0.0546. The summed E-state index contributed by atoms with van der Waals surface area (Å²) in [4.78, 5) is 31.9. The first-order valence-corrected chi connectivity index (χ1v) is 12.8. The van der Waals surface area contributed by atoms with Gasteiger partial charge in [-0.15, -0.1) is 0 Å². The largest absolute Gasteiger partial charge is 0.489 e. The Morgan fingerprint density at radius 1 is 1.19 bits per heavy atom. The number of aromatic nitrogens is 1. The zero-order chi connectivity index (χ0) is 26.6. The Morgan fingerprint density at radius 2 is 1.92 bits per heavy atom. The highest BCUT2D eigenvalue weighted by Gasteiger charge is 2.43. The Morgan fingerprint density at radius 3 is 2.62 bits per heavy atom. The van der Waals surface area contributed by atoms with Crippen molar-refractivity contribution in [2.45, 2.75) is 65.3 Å². The Hall–Kier alpha value is -3.49. The van der Waals surface area contributed by atoms with E-state index in [0.29, 0.717) is 24.3 Å². The van der Waals surface area contributed by atoms with Crippen LogP contribution in [0, 0.1) is 12.8 Å². The monoisotopic (exact) mass is 504 g/mol. The molecule has 1 fully saturated rings. The van der Waals surface area contributed by atoms with Gasteiger partial charge in [0.1, 0.15) is 12.4 Å². The van der Waals surface area contributed by atoms with Gasteiger partial charge in [-0.2, -0.15) is 0 Å². The van der Waals surface area contributed by atoms with E-state index in [4.69, 9.17) is 9.94 Å². The molecule has 8 heteroatoms. The molecule has 8 nitrogen and oxygen atoms in total. The van der Waals surface area contributed by atoms with Crippen LogP contribution >= 0.6 is 0 Å². The minimum atomic E-state index is -0.612. The number of hydrogen-bond acceptors (Lipinski definition) is 6. The second-order valence-corrected chi connectivity index (χ2v) is 10.2. The lowest BCUT2D eigenvalue weighted by atomic mass is 9.81. The van der Waals surface area contributed by atoms with Crippen LogP contribution in [-0.2, 0) is 11.4 Å². The number of para-hydroxylation sites is 1. The summed E-state index contributed by atoms with van der Waals surface area (Å²) < 4.78 is 6.04.